The lowest BCUT2D eigenvalue weighted by Crippen LogP contribution is -2.46. The molecule has 0 spiro atoms. The Labute approximate surface area is 286 Å². The standard InChI is InChI=1S/C35H36F2N8O3S/c1-3-25(2)45-34(46)44(24-40-45)29-7-5-27(6-8-29)41-14-16-42(17-15-41)28-9-11-30(12-10-28)49-19-33-47-21-35(48-33,20-43-23-38-22-39-43)31-13-4-26(36)18-32(31)37/h3-13,18,22-25,33H,1,14-17,19-21H2,2H3. The number of hydrogen-bond donors (Lipinski definition) is 0. The van der Waals surface area contributed by atoms with Gasteiger partial charge < -0.3 is 19.3 Å². The number of nitrogens with zero attached hydrogens (tertiary/aromatic N) is 8. The van der Waals surface area contributed by atoms with E-state index in [1.165, 1.54) is 29.5 Å². The monoisotopic (exact) mass is 686 g/mol. The van der Waals surface area contributed by atoms with E-state index >= 15 is 0 Å². The maximum Gasteiger partial charge on any atom is 0.350 e. The van der Waals surface area contributed by atoms with Crippen molar-refractivity contribution >= 4 is 23.1 Å². The van der Waals surface area contributed by atoms with E-state index in [0.717, 1.165) is 54.2 Å². The smallest absolute Gasteiger partial charge is 0.350 e. The summed E-state index contributed by atoms with van der Waals surface area (Å²) in [6.45, 7) is 9.37. The molecule has 7 rings (SSSR count). The number of halogens is 2. The predicted octanol–water partition coefficient (Wildman–Crippen LogP) is 5.04. The summed E-state index contributed by atoms with van der Waals surface area (Å²) in [6, 6.07) is 19.7. The second-order valence-electron chi connectivity index (χ2n) is 12.1. The molecule has 11 nitrogen and oxygen atoms in total. The second kappa shape index (κ2) is 14.0. The molecule has 4 heterocycles. The molecule has 2 saturated heterocycles. The van der Waals surface area contributed by atoms with Gasteiger partial charge in [0.2, 0.25) is 0 Å². The van der Waals surface area contributed by atoms with Gasteiger partial charge in [-0.15, -0.1) is 18.3 Å². The Balaban J connectivity index is 0.927. The zero-order valence-corrected chi connectivity index (χ0v) is 27.8. The van der Waals surface area contributed by atoms with E-state index in [9.17, 15) is 13.6 Å². The van der Waals surface area contributed by atoms with Gasteiger partial charge in [0.15, 0.2) is 6.29 Å². The predicted molar refractivity (Wildman–Crippen MR) is 183 cm³/mol. The molecule has 0 aliphatic carbocycles. The summed E-state index contributed by atoms with van der Waals surface area (Å²) in [5, 5.41) is 8.37. The van der Waals surface area contributed by atoms with Gasteiger partial charge in [0.1, 0.15) is 36.2 Å². The molecule has 3 aromatic carbocycles. The number of benzene rings is 3. The SMILES string of the molecule is C=CC(C)n1ncn(-c2ccc(N3CCN(c4ccc(SCC5OCC(Cn6cncn6)(c6ccc(F)cc6F)O5)cc4)CC3)cc2)c1=O. The van der Waals surface area contributed by atoms with Gasteiger partial charge in [-0.1, -0.05) is 12.1 Å². The molecule has 0 saturated carbocycles. The Morgan fingerprint density at radius 2 is 1.63 bits per heavy atom. The molecule has 14 heteroatoms. The molecule has 2 fully saturated rings. The number of anilines is 2. The highest BCUT2D eigenvalue weighted by Crippen LogP contribution is 2.38. The number of piperazine rings is 1. The van der Waals surface area contributed by atoms with Gasteiger partial charge in [-0.05, 0) is 61.5 Å². The lowest BCUT2D eigenvalue weighted by molar-refractivity contribution is -0.0848. The summed E-state index contributed by atoms with van der Waals surface area (Å²) in [6.07, 6.45) is 5.56. The quantitative estimate of drug-likeness (QED) is 0.140. The number of thioether (sulfide) groups is 1. The van der Waals surface area contributed by atoms with Crippen LogP contribution >= 0.6 is 11.8 Å². The van der Waals surface area contributed by atoms with E-state index in [1.54, 1.807) is 33.4 Å². The van der Waals surface area contributed by atoms with Crippen molar-refractivity contribution in [2.45, 2.75) is 36.3 Å². The lowest BCUT2D eigenvalue weighted by Gasteiger charge is -2.37. The van der Waals surface area contributed by atoms with Crippen LogP contribution in [0.15, 0.2) is 108 Å². The van der Waals surface area contributed by atoms with Crippen LogP contribution in [-0.4, -0.2) is 73.9 Å². The average molecular weight is 687 g/mol. The maximum atomic E-state index is 14.9. The molecule has 254 valence electrons. The average Bonchev–Trinajstić information content (AvgIpc) is 3.88. The van der Waals surface area contributed by atoms with Crippen LogP contribution in [0.1, 0.15) is 18.5 Å². The normalized spacial score (nSPS) is 20.1. The second-order valence-corrected chi connectivity index (χ2v) is 13.2. The van der Waals surface area contributed by atoms with Crippen molar-refractivity contribution in [1.29, 1.82) is 0 Å². The van der Waals surface area contributed by atoms with Crippen molar-refractivity contribution in [3.05, 3.63) is 126 Å². The molecule has 0 N–H and O–H groups in total. The van der Waals surface area contributed by atoms with E-state index in [0.29, 0.717) is 5.75 Å². The van der Waals surface area contributed by atoms with Gasteiger partial charge in [0, 0.05) is 59.8 Å². The summed E-state index contributed by atoms with van der Waals surface area (Å²) in [7, 11) is 0. The van der Waals surface area contributed by atoms with E-state index in [1.807, 2.05) is 31.2 Å². The van der Waals surface area contributed by atoms with Crippen LogP contribution in [0, 0.1) is 11.6 Å². The van der Waals surface area contributed by atoms with Gasteiger partial charge in [-0.3, -0.25) is 0 Å². The highest BCUT2D eigenvalue weighted by Gasteiger charge is 2.45. The molecule has 3 atom stereocenters. The first-order valence-corrected chi connectivity index (χ1v) is 17.0. The number of rotatable bonds is 11. The minimum atomic E-state index is -1.17. The molecule has 49 heavy (non-hydrogen) atoms. The summed E-state index contributed by atoms with van der Waals surface area (Å²) in [4.78, 5) is 22.5. The van der Waals surface area contributed by atoms with Gasteiger partial charge in [-0.25, -0.2) is 32.5 Å². The molecule has 0 bridgehead atoms. The fraction of sp³-hybridized carbons (Fsp3) is 0.314. The molecule has 2 aliphatic heterocycles. The van der Waals surface area contributed by atoms with Crippen LogP contribution < -0.4 is 15.5 Å². The minimum absolute atomic E-state index is 0.0941. The van der Waals surface area contributed by atoms with E-state index in [2.05, 4.69) is 55.8 Å². The van der Waals surface area contributed by atoms with Crippen LogP contribution in [0.3, 0.4) is 0 Å². The fourth-order valence-corrected chi connectivity index (χ4v) is 7.03. The van der Waals surface area contributed by atoms with Crippen LogP contribution in [-0.2, 0) is 21.6 Å². The Kier molecular flexibility index (Phi) is 9.34. The Bertz CT molecular complexity index is 1940. The Hall–Kier alpha value is -4.79. The van der Waals surface area contributed by atoms with E-state index in [4.69, 9.17) is 9.47 Å². The molecule has 0 amide bonds. The minimum Gasteiger partial charge on any atom is -0.368 e. The van der Waals surface area contributed by atoms with Crippen LogP contribution in [0.2, 0.25) is 0 Å². The Morgan fingerprint density at radius 3 is 2.27 bits per heavy atom. The third kappa shape index (κ3) is 6.89. The van der Waals surface area contributed by atoms with Gasteiger partial charge in [0.05, 0.1) is 24.9 Å². The highest BCUT2D eigenvalue weighted by molar-refractivity contribution is 7.99. The largest absolute Gasteiger partial charge is 0.368 e. The third-order valence-electron chi connectivity index (χ3n) is 8.95. The topological polar surface area (TPSA) is 95.5 Å². The number of hydrogen-bond acceptors (Lipinski definition) is 9. The number of aromatic nitrogens is 6. The highest BCUT2D eigenvalue weighted by atomic mass is 32.2. The fourth-order valence-electron chi connectivity index (χ4n) is 6.21. The molecule has 2 aromatic heterocycles. The molecular weight excluding hydrogens is 651 g/mol. The summed E-state index contributed by atoms with van der Waals surface area (Å²) in [5.41, 5.74) is 1.89. The lowest BCUT2D eigenvalue weighted by atomic mass is 9.94. The zero-order valence-electron chi connectivity index (χ0n) is 26.9. The van der Waals surface area contributed by atoms with E-state index in [-0.39, 0.29) is 30.4 Å². The van der Waals surface area contributed by atoms with Crippen molar-refractivity contribution in [3.8, 4) is 5.69 Å². The summed E-state index contributed by atoms with van der Waals surface area (Å²) in [5.74, 6) is -0.856. The molecule has 3 unspecified atom stereocenters. The van der Waals surface area contributed by atoms with Crippen molar-refractivity contribution in [2.75, 3.05) is 48.3 Å². The zero-order chi connectivity index (χ0) is 34.0. The number of ether oxygens (including phenoxy) is 2. The Morgan fingerprint density at radius 1 is 0.959 bits per heavy atom. The van der Waals surface area contributed by atoms with Crippen LogP contribution in [0.4, 0.5) is 20.2 Å². The third-order valence-corrected chi connectivity index (χ3v) is 9.99. The van der Waals surface area contributed by atoms with Gasteiger partial charge >= 0.3 is 5.69 Å². The van der Waals surface area contributed by atoms with Crippen molar-refractivity contribution < 1.29 is 18.3 Å². The van der Waals surface area contributed by atoms with E-state index < -0.39 is 23.5 Å². The van der Waals surface area contributed by atoms with Crippen molar-refractivity contribution in [3.63, 3.8) is 0 Å². The first-order chi connectivity index (χ1) is 23.8. The first kappa shape index (κ1) is 32.7. The maximum absolute atomic E-state index is 14.9. The summed E-state index contributed by atoms with van der Waals surface area (Å²) >= 11 is 1.59. The van der Waals surface area contributed by atoms with Crippen molar-refractivity contribution in [2.24, 2.45) is 0 Å². The molecule has 0 radical (unpaired) electrons. The molecule has 2 aliphatic rings. The van der Waals surface area contributed by atoms with Gasteiger partial charge in [-0.2, -0.15) is 10.2 Å². The summed E-state index contributed by atoms with van der Waals surface area (Å²) < 4.78 is 45.5. The first-order valence-electron chi connectivity index (χ1n) is 16.0. The van der Waals surface area contributed by atoms with Crippen molar-refractivity contribution in [1.82, 2.24) is 29.1 Å². The van der Waals surface area contributed by atoms with Crippen LogP contribution in [0.5, 0.6) is 0 Å². The molecular formula is C35H36F2N8O3S. The van der Waals surface area contributed by atoms with Crippen LogP contribution in [0.25, 0.3) is 5.69 Å². The molecule has 5 aromatic rings. The van der Waals surface area contributed by atoms with Gasteiger partial charge in [0.25, 0.3) is 0 Å². The number of allylic oxidation sites excluding steroid dienone is 1.